The summed E-state index contributed by atoms with van der Waals surface area (Å²) < 4.78 is 5.30. The molecule has 0 amide bonds. The Morgan fingerprint density at radius 1 is 1.00 bits per heavy atom. The highest BCUT2D eigenvalue weighted by Gasteiger charge is 2.05. The lowest BCUT2D eigenvalue weighted by molar-refractivity contribution is 0.572. The number of rotatable bonds is 6. The summed E-state index contributed by atoms with van der Waals surface area (Å²) in [6, 6.07) is 13.7. The van der Waals surface area contributed by atoms with Gasteiger partial charge < -0.3 is 15.1 Å². The van der Waals surface area contributed by atoms with E-state index in [1.165, 1.54) is 6.39 Å². The van der Waals surface area contributed by atoms with E-state index in [0.717, 1.165) is 34.1 Å². The number of hydrogen-bond donors (Lipinski definition) is 2. The van der Waals surface area contributed by atoms with Crippen LogP contribution in [0.1, 0.15) is 11.3 Å². The second-order valence-corrected chi connectivity index (χ2v) is 6.00. The molecule has 0 bridgehead atoms. The third kappa shape index (κ3) is 4.27. The molecule has 7 heteroatoms. The molecule has 0 spiro atoms. The van der Waals surface area contributed by atoms with Gasteiger partial charge in [-0.3, -0.25) is 4.98 Å². The fourth-order valence-electron chi connectivity index (χ4n) is 2.62. The third-order valence-corrected chi connectivity index (χ3v) is 3.91. The topological polar surface area (TPSA) is 88.8 Å². The van der Waals surface area contributed by atoms with Crippen molar-refractivity contribution < 1.29 is 4.42 Å². The molecule has 0 radical (unpaired) electrons. The number of pyridine rings is 1. The molecule has 0 saturated heterocycles. The molecule has 4 aromatic rings. The van der Waals surface area contributed by atoms with Gasteiger partial charge in [0.2, 0.25) is 5.95 Å². The normalized spacial score (nSPS) is 10.6. The Labute approximate surface area is 156 Å². The zero-order valence-electron chi connectivity index (χ0n) is 14.8. The smallest absolute Gasteiger partial charge is 0.229 e. The lowest BCUT2D eigenvalue weighted by atomic mass is 10.2. The summed E-state index contributed by atoms with van der Waals surface area (Å²) in [5.74, 6) is 2.03. The molecule has 134 valence electrons. The van der Waals surface area contributed by atoms with Gasteiger partial charge in [0.15, 0.2) is 12.2 Å². The second-order valence-electron chi connectivity index (χ2n) is 6.00. The van der Waals surface area contributed by atoms with Crippen molar-refractivity contribution >= 4 is 17.5 Å². The average molecular weight is 358 g/mol. The molecule has 0 saturated carbocycles. The molecule has 0 aliphatic heterocycles. The molecule has 27 heavy (non-hydrogen) atoms. The van der Waals surface area contributed by atoms with Gasteiger partial charge in [0.05, 0.1) is 6.20 Å². The number of aromatic nitrogens is 4. The van der Waals surface area contributed by atoms with Crippen LogP contribution in [-0.2, 0) is 6.54 Å². The van der Waals surface area contributed by atoms with E-state index < -0.39 is 0 Å². The summed E-state index contributed by atoms with van der Waals surface area (Å²) in [7, 11) is 0. The fourth-order valence-corrected chi connectivity index (χ4v) is 2.62. The molecule has 0 atom stereocenters. The number of aryl methyl sites for hydroxylation is 1. The van der Waals surface area contributed by atoms with Crippen LogP contribution in [0, 0.1) is 6.92 Å². The lowest BCUT2D eigenvalue weighted by Crippen LogP contribution is -2.05. The Kier molecular flexibility index (Phi) is 4.74. The summed E-state index contributed by atoms with van der Waals surface area (Å²) in [5, 5.41) is 6.54. The summed E-state index contributed by atoms with van der Waals surface area (Å²) in [6.07, 6.45) is 6.69. The monoisotopic (exact) mass is 358 g/mol. The van der Waals surface area contributed by atoms with E-state index in [1.54, 1.807) is 12.4 Å². The first kappa shape index (κ1) is 16.7. The van der Waals surface area contributed by atoms with Crippen LogP contribution < -0.4 is 10.6 Å². The van der Waals surface area contributed by atoms with Crippen molar-refractivity contribution in [2.45, 2.75) is 13.5 Å². The van der Waals surface area contributed by atoms with Gasteiger partial charge in [-0.25, -0.2) is 9.97 Å². The third-order valence-electron chi connectivity index (χ3n) is 3.91. The van der Waals surface area contributed by atoms with Gasteiger partial charge >= 0.3 is 0 Å². The summed E-state index contributed by atoms with van der Waals surface area (Å²) in [6.45, 7) is 2.59. The van der Waals surface area contributed by atoms with Crippen molar-refractivity contribution in [1.29, 1.82) is 0 Å². The van der Waals surface area contributed by atoms with Crippen molar-refractivity contribution in [2.24, 2.45) is 0 Å². The van der Waals surface area contributed by atoms with Crippen LogP contribution in [0.2, 0.25) is 0 Å². The van der Waals surface area contributed by atoms with Gasteiger partial charge in [-0.15, -0.1) is 0 Å². The molecule has 0 fully saturated rings. The Morgan fingerprint density at radius 2 is 1.89 bits per heavy atom. The van der Waals surface area contributed by atoms with Gasteiger partial charge in [-0.05, 0) is 42.8 Å². The maximum absolute atomic E-state index is 5.30. The SMILES string of the molecule is Cc1cc(NCc2cccnc2)nc(Nc2ccc(-c3cnco3)cc2)n1. The maximum atomic E-state index is 5.30. The molecular formula is C20H18N6O. The van der Waals surface area contributed by atoms with Crippen molar-refractivity contribution in [3.8, 4) is 11.3 Å². The fraction of sp³-hybridized carbons (Fsp3) is 0.100. The number of nitrogens with one attached hydrogen (secondary N) is 2. The summed E-state index contributed by atoms with van der Waals surface area (Å²) >= 11 is 0. The van der Waals surface area contributed by atoms with Crippen molar-refractivity contribution in [2.75, 3.05) is 10.6 Å². The van der Waals surface area contributed by atoms with Gasteiger partial charge in [0, 0.05) is 41.9 Å². The summed E-state index contributed by atoms with van der Waals surface area (Å²) in [5.41, 5.74) is 3.81. The van der Waals surface area contributed by atoms with Crippen molar-refractivity contribution in [3.05, 3.63) is 78.7 Å². The Morgan fingerprint density at radius 3 is 2.63 bits per heavy atom. The Bertz CT molecular complexity index is 1000. The zero-order chi connectivity index (χ0) is 18.5. The highest BCUT2D eigenvalue weighted by molar-refractivity contribution is 5.63. The summed E-state index contributed by atoms with van der Waals surface area (Å²) in [4.78, 5) is 17.0. The molecule has 7 nitrogen and oxygen atoms in total. The minimum Gasteiger partial charge on any atom is -0.444 e. The van der Waals surface area contributed by atoms with E-state index in [9.17, 15) is 0 Å². The number of hydrogen-bond acceptors (Lipinski definition) is 7. The quantitative estimate of drug-likeness (QED) is 0.534. The largest absolute Gasteiger partial charge is 0.444 e. The van der Waals surface area contributed by atoms with E-state index in [2.05, 4.69) is 30.6 Å². The lowest BCUT2D eigenvalue weighted by Gasteiger charge is -2.10. The van der Waals surface area contributed by atoms with Crippen LogP contribution in [0.3, 0.4) is 0 Å². The Hall–Kier alpha value is -3.74. The molecule has 0 unspecified atom stereocenters. The van der Waals surface area contributed by atoms with E-state index in [1.807, 2.05) is 55.6 Å². The van der Waals surface area contributed by atoms with E-state index in [4.69, 9.17) is 4.42 Å². The molecule has 3 heterocycles. The molecule has 0 aliphatic carbocycles. The van der Waals surface area contributed by atoms with Crippen molar-refractivity contribution in [1.82, 2.24) is 19.9 Å². The zero-order valence-corrected chi connectivity index (χ0v) is 14.8. The van der Waals surface area contributed by atoms with Gasteiger partial charge in [-0.2, -0.15) is 4.98 Å². The molecule has 0 aliphatic rings. The van der Waals surface area contributed by atoms with E-state index in [-0.39, 0.29) is 0 Å². The number of anilines is 3. The molecule has 3 aromatic heterocycles. The van der Waals surface area contributed by atoms with Gasteiger partial charge in [0.1, 0.15) is 5.82 Å². The van der Waals surface area contributed by atoms with Gasteiger partial charge in [0.25, 0.3) is 0 Å². The molecule has 4 rings (SSSR count). The van der Waals surface area contributed by atoms with Crippen LogP contribution >= 0.6 is 0 Å². The maximum Gasteiger partial charge on any atom is 0.229 e. The second kappa shape index (κ2) is 7.65. The number of benzene rings is 1. The van der Waals surface area contributed by atoms with Gasteiger partial charge in [-0.1, -0.05) is 6.07 Å². The van der Waals surface area contributed by atoms with Crippen LogP contribution in [0.15, 0.2) is 71.9 Å². The molecule has 2 N–H and O–H groups in total. The molecule has 1 aromatic carbocycles. The average Bonchev–Trinajstić information content (AvgIpc) is 3.22. The van der Waals surface area contributed by atoms with Crippen LogP contribution in [0.4, 0.5) is 17.5 Å². The van der Waals surface area contributed by atoms with E-state index in [0.29, 0.717) is 12.5 Å². The highest BCUT2D eigenvalue weighted by atomic mass is 16.3. The number of oxazole rings is 1. The predicted molar refractivity (Wildman–Crippen MR) is 104 cm³/mol. The standard InChI is InChI=1S/C20H18N6O/c1-14-9-19(23-11-15-3-2-8-21-10-15)26-20(24-14)25-17-6-4-16(5-7-17)18-12-22-13-27-18/h2-10,12-13H,11H2,1H3,(H2,23,24,25,26). The predicted octanol–water partition coefficient (Wildman–Crippen LogP) is 4.19. The Balaban J connectivity index is 1.46. The van der Waals surface area contributed by atoms with Crippen LogP contribution in [0.25, 0.3) is 11.3 Å². The number of nitrogens with zero attached hydrogens (tertiary/aromatic N) is 4. The van der Waals surface area contributed by atoms with Crippen molar-refractivity contribution in [3.63, 3.8) is 0 Å². The van der Waals surface area contributed by atoms with Crippen LogP contribution in [0.5, 0.6) is 0 Å². The molecular weight excluding hydrogens is 340 g/mol. The first-order chi connectivity index (χ1) is 13.3. The minimum absolute atomic E-state index is 0.538. The van der Waals surface area contributed by atoms with E-state index >= 15 is 0 Å². The highest BCUT2D eigenvalue weighted by Crippen LogP contribution is 2.22. The first-order valence-electron chi connectivity index (χ1n) is 8.51. The minimum atomic E-state index is 0.538. The van der Waals surface area contributed by atoms with Crippen LogP contribution in [-0.4, -0.2) is 19.9 Å². The first-order valence-corrected chi connectivity index (χ1v) is 8.51.